The number of fused-ring (bicyclic) bond motifs is 6. The molecule has 0 radical (unpaired) electrons. The van der Waals surface area contributed by atoms with Gasteiger partial charge in [0.25, 0.3) is 0 Å². The molecule has 82 heavy (non-hydrogen) atoms. The molecule has 0 amide bonds. The Hall–Kier alpha value is -5.45. The molecule has 12 rings (SSSR count). The standard InChI is InChI=1S/2C13H9.2C13H10.2C13H21.2ClH.2Zr/c2*1-3-7-12-10(5-1)9-11-6-2-4-8-13(11)12;2*1-3-7-12(8-4-1)11-13-9-5-2-6-10-13;2*1-5-10-9-11(6-2)13(8-4)12(10)7-3;;;;/h2*1-9H;2*1-10H;2*10H,5-8H2,1-4H3;2*1H;;/q2*-1;;;2*-1;;;2*+2/p-2. The van der Waals surface area contributed by atoms with Crippen molar-refractivity contribution >= 4 is 49.5 Å². The summed E-state index contributed by atoms with van der Waals surface area (Å²) in [5, 5.41) is 10.8. The van der Waals surface area contributed by atoms with E-state index in [1.807, 2.05) is 0 Å². The molecule has 2 atom stereocenters. The fourth-order valence-electron chi connectivity index (χ4n) is 11.3. The predicted octanol–water partition coefficient (Wildman–Crippen LogP) is 15.6. The molecule has 10 aromatic rings. The van der Waals surface area contributed by atoms with Gasteiger partial charge in [0.15, 0.2) is 0 Å². The Morgan fingerprint density at radius 2 is 0.549 bits per heavy atom. The van der Waals surface area contributed by atoms with Gasteiger partial charge in [-0.2, -0.15) is 22.3 Å². The molecule has 0 N–H and O–H groups in total. The summed E-state index contributed by atoms with van der Waals surface area (Å²) in [6.45, 7) is 18.1. The molecule has 0 aliphatic heterocycles. The van der Waals surface area contributed by atoms with Gasteiger partial charge in [0, 0.05) is 0 Å². The van der Waals surface area contributed by atoms with Crippen molar-refractivity contribution in [2.45, 2.75) is 107 Å². The zero-order chi connectivity index (χ0) is 56.6. The van der Waals surface area contributed by atoms with Crippen molar-refractivity contribution in [2.75, 3.05) is 0 Å². The molecule has 0 spiro atoms. The van der Waals surface area contributed by atoms with Crippen LogP contribution in [0.5, 0.6) is 0 Å². The third-order valence-electron chi connectivity index (χ3n) is 15.3. The Morgan fingerprint density at radius 3 is 0.756 bits per heavy atom. The van der Waals surface area contributed by atoms with Crippen molar-refractivity contribution in [3.63, 3.8) is 0 Å². The van der Waals surface area contributed by atoms with Crippen molar-refractivity contribution in [3.8, 4) is 0 Å². The number of rotatable bonds is 12. The van der Waals surface area contributed by atoms with Crippen molar-refractivity contribution in [1.29, 1.82) is 0 Å². The van der Waals surface area contributed by atoms with Gasteiger partial charge in [-0.1, -0.05) is 191 Å². The topological polar surface area (TPSA) is 0 Å². The number of benzene rings is 8. The zero-order valence-electron chi connectivity index (χ0n) is 49.5. The minimum Gasteiger partial charge on any atom is -0.126 e. The molecule has 0 bridgehead atoms. The van der Waals surface area contributed by atoms with Crippen molar-refractivity contribution in [1.82, 2.24) is 0 Å². The van der Waals surface area contributed by atoms with E-state index in [2.05, 4.69) is 298 Å². The Morgan fingerprint density at radius 1 is 0.317 bits per heavy atom. The van der Waals surface area contributed by atoms with Crippen LogP contribution in [-0.4, -0.2) is 6.41 Å². The van der Waals surface area contributed by atoms with E-state index in [-0.39, 0.29) is 24.8 Å². The maximum absolute atomic E-state index is 3.63. The quantitative estimate of drug-likeness (QED) is 0.107. The first kappa shape index (κ1) is 67.3. The Balaban J connectivity index is 0.000000180. The SMILES string of the molecule is CCC1=[C-]C(CC)C(CC)=C1CC.CCC1=[C-]C(CC)C(CC)=C1CC.[Cl-].[Cl-].[Zr+2]=[C](c1ccccc1)c1ccccc1.[Zr+2]=[C](c1ccccc1)c1ccccc1.c1ccc2c(c1)[cH-]c1ccccc12.c1ccc2c(c1)[cH-]c1ccccc12. The third kappa shape index (κ3) is 17.8. The second-order valence-electron chi connectivity index (χ2n) is 20.1. The minimum atomic E-state index is 0. The van der Waals surface area contributed by atoms with Gasteiger partial charge in [0.2, 0.25) is 0 Å². The molecule has 2 aliphatic rings. The molecule has 10 aromatic carbocycles. The summed E-state index contributed by atoms with van der Waals surface area (Å²) >= 11 is 2.92. The fourth-order valence-corrected chi connectivity index (χ4v) is 12.9. The Labute approximate surface area is 534 Å². The summed E-state index contributed by atoms with van der Waals surface area (Å²) in [5.74, 6) is 1.27. The maximum atomic E-state index is 3.63. The molecule has 0 saturated heterocycles. The molecule has 0 aromatic heterocycles. The monoisotopic (exact) mass is 1270 g/mol. The van der Waals surface area contributed by atoms with Gasteiger partial charge in [0.1, 0.15) is 0 Å². The fraction of sp³-hybridized carbons (Fsp3) is 0.231. The summed E-state index contributed by atoms with van der Waals surface area (Å²) in [4.78, 5) is 0. The van der Waals surface area contributed by atoms with Gasteiger partial charge in [-0.25, -0.2) is 11.1 Å². The summed E-state index contributed by atoms with van der Waals surface area (Å²) in [6.07, 6.45) is 16.8. The second-order valence-corrected chi connectivity index (χ2v) is 22.6. The Kier molecular flexibility index (Phi) is 29.3. The first-order valence-electron chi connectivity index (χ1n) is 29.4. The van der Waals surface area contributed by atoms with Crippen LogP contribution in [0.25, 0.3) is 43.1 Å². The van der Waals surface area contributed by atoms with E-state index in [0.717, 1.165) is 12.8 Å². The molecule has 2 unspecified atom stereocenters. The van der Waals surface area contributed by atoms with E-state index in [0.29, 0.717) is 11.8 Å². The average Bonchev–Trinajstić information content (AvgIpc) is 4.33. The summed E-state index contributed by atoms with van der Waals surface area (Å²) in [6, 6.07) is 80.8. The number of allylic oxidation sites excluding steroid dienone is 8. The van der Waals surface area contributed by atoms with Crippen LogP contribution in [0.1, 0.15) is 129 Å². The Bertz CT molecular complexity index is 3240. The van der Waals surface area contributed by atoms with Crippen LogP contribution in [0.3, 0.4) is 0 Å². The van der Waals surface area contributed by atoms with Crippen LogP contribution >= 0.6 is 0 Å². The van der Waals surface area contributed by atoms with E-state index >= 15 is 0 Å². The maximum Gasteiger partial charge on any atom is -0.0771 e. The largest absolute Gasteiger partial charge is 0.126 e. The molecule has 2 aliphatic carbocycles. The zero-order valence-corrected chi connectivity index (χ0v) is 55.9. The van der Waals surface area contributed by atoms with Crippen LogP contribution in [0.15, 0.2) is 264 Å². The van der Waals surface area contributed by atoms with E-state index in [1.165, 1.54) is 170 Å². The van der Waals surface area contributed by atoms with Gasteiger partial charge < -0.3 is 24.8 Å². The van der Waals surface area contributed by atoms with Gasteiger partial charge in [-0.05, 0) is 0 Å². The van der Waals surface area contributed by atoms with E-state index in [1.54, 1.807) is 22.3 Å². The summed E-state index contributed by atoms with van der Waals surface area (Å²) in [5.41, 5.74) is 14.8. The van der Waals surface area contributed by atoms with Gasteiger partial charge in [0.05, 0.1) is 0 Å². The van der Waals surface area contributed by atoms with Crippen molar-refractivity contribution in [3.05, 3.63) is 298 Å². The number of halogens is 2. The molecule has 0 heterocycles. The predicted molar refractivity (Wildman–Crippen MR) is 343 cm³/mol. The van der Waals surface area contributed by atoms with Crippen molar-refractivity contribution < 1.29 is 73.3 Å². The van der Waals surface area contributed by atoms with Crippen LogP contribution in [0, 0.1) is 24.0 Å². The second kappa shape index (κ2) is 35.6. The average molecular weight is 1270 g/mol. The molecular weight excluding hydrogens is 1190 g/mol. The molecular formula is C78H80Cl2Zr2-2. The van der Waals surface area contributed by atoms with E-state index < -0.39 is 0 Å². The molecule has 416 valence electrons. The van der Waals surface area contributed by atoms with Gasteiger partial charge in [-0.3, -0.25) is 12.2 Å². The van der Waals surface area contributed by atoms with Crippen LogP contribution in [0.4, 0.5) is 0 Å². The molecule has 0 fully saturated rings. The minimum absolute atomic E-state index is 0. The summed E-state index contributed by atoms with van der Waals surface area (Å²) in [7, 11) is 0. The van der Waals surface area contributed by atoms with Gasteiger partial charge in [-0.15, -0.1) is 79.5 Å². The first-order chi connectivity index (χ1) is 39.2. The smallest absolute Gasteiger partial charge is 0.0771 e. The normalized spacial score (nSPS) is 14.0. The number of hydrogen-bond acceptors (Lipinski definition) is 0. The molecule has 0 nitrogen and oxygen atoms in total. The molecule has 4 heteroatoms. The van der Waals surface area contributed by atoms with E-state index in [4.69, 9.17) is 0 Å². The third-order valence-corrected chi connectivity index (χ3v) is 18.2. The number of hydrogen-bond donors (Lipinski definition) is 0. The van der Waals surface area contributed by atoms with Gasteiger partial charge >= 0.3 is 198 Å². The molecule has 0 saturated carbocycles. The summed E-state index contributed by atoms with van der Waals surface area (Å²) < 4.78 is 2.83. The first-order valence-corrected chi connectivity index (χ1v) is 31.8. The van der Waals surface area contributed by atoms with Crippen LogP contribution in [-0.2, 0) is 48.5 Å². The van der Waals surface area contributed by atoms with Crippen molar-refractivity contribution in [2.24, 2.45) is 11.8 Å². The van der Waals surface area contributed by atoms with Crippen LogP contribution < -0.4 is 24.8 Å². The van der Waals surface area contributed by atoms with Crippen LogP contribution in [0.2, 0.25) is 0 Å². The van der Waals surface area contributed by atoms with E-state index in [9.17, 15) is 0 Å².